The first-order valence-electron chi connectivity index (χ1n) is 10.1. The molecule has 0 amide bonds. The highest BCUT2D eigenvalue weighted by Gasteiger charge is 2.40. The Balaban J connectivity index is 1.81. The molecule has 2 aliphatic carbocycles. The summed E-state index contributed by atoms with van der Waals surface area (Å²) in [7, 11) is 0. The third-order valence-corrected chi connectivity index (χ3v) is 6.38. The van der Waals surface area contributed by atoms with Gasteiger partial charge in [0.25, 0.3) is 0 Å². The molecule has 0 aromatic rings. The highest BCUT2D eigenvalue weighted by molar-refractivity contribution is 4.91. The fraction of sp³-hybridized carbons (Fsp3) is 1.00. The average Bonchev–Trinajstić information content (AvgIpc) is 2.47. The molecule has 0 aliphatic heterocycles. The molecular weight excluding hydrogens is 284 g/mol. The largest absolute Gasteiger partial charge is 0.376 e. The van der Waals surface area contributed by atoms with E-state index in [1.807, 2.05) is 0 Å². The van der Waals surface area contributed by atoms with Crippen molar-refractivity contribution in [3.05, 3.63) is 0 Å². The first kappa shape index (κ1) is 19.2. The van der Waals surface area contributed by atoms with Gasteiger partial charge in [-0.1, -0.05) is 13.8 Å². The van der Waals surface area contributed by atoms with E-state index in [9.17, 15) is 0 Å². The van der Waals surface area contributed by atoms with Gasteiger partial charge in [-0.25, -0.2) is 0 Å². The Labute approximate surface area is 144 Å². The van der Waals surface area contributed by atoms with Crippen molar-refractivity contribution >= 4 is 0 Å². The van der Waals surface area contributed by atoms with E-state index in [-0.39, 0.29) is 0 Å². The fourth-order valence-corrected chi connectivity index (χ4v) is 4.99. The van der Waals surface area contributed by atoms with Crippen LogP contribution < -0.4 is 0 Å². The van der Waals surface area contributed by atoms with Crippen LogP contribution in [0.4, 0.5) is 0 Å². The van der Waals surface area contributed by atoms with Crippen LogP contribution in [0, 0.1) is 17.3 Å². The Bertz CT molecular complexity index is 300. The maximum Gasteiger partial charge on any atom is 0.0578 e. The van der Waals surface area contributed by atoms with Gasteiger partial charge in [0.15, 0.2) is 0 Å². The molecule has 2 aliphatic rings. The zero-order valence-electron chi connectivity index (χ0n) is 16.4. The summed E-state index contributed by atoms with van der Waals surface area (Å²) in [6, 6.07) is 0. The van der Waals surface area contributed by atoms with Gasteiger partial charge >= 0.3 is 0 Å². The maximum absolute atomic E-state index is 6.03. The monoisotopic (exact) mass is 324 g/mol. The minimum Gasteiger partial charge on any atom is -0.376 e. The Morgan fingerprint density at radius 1 is 0.609 bits per heavy atom. The zero-order chi connectivity index (χ0) is 17.0. The third kappa shape index (κ3) is 5.46. The van der Waals surface area contributed by atoms with Crippen LogP contribution >= 0.6 is 0 Å². The van der Waals surface area contributed by atoms with Gasteiger partial charge in [-0.3, -0.25) is 0 Å². The van der Waals surface area contributed by atoms with Crippen LogP contribution in [0.1, 0.15) is 92.9 Å². The van der Waals surface area contributed by atoms with Crippen LogP contribution in [-0.4, -0.2) is 24.4 Å². The molecule has 0 N–H and O–H groups in total. The van der Waals surface area contributed by atoms with Crippen molar-refractivity contribution < 1.29 is 9.47 Å². The standard InChI is InChI=1S/C21H40O2/c1-15(2)22-19-11-7-17(8-12-19)21(5,6)18-9-13-20(14-10-18)23-16(3)4/h15-20H,7-14H2,1-6H3. The summed E-state index contributed by atoms with van der Waals surface area (Å²) < 4.78 is 12.1. The normalized spacial score (nSPS) is 33.4. The van der Waals surface area contributed by atoms with E-state index in [1.54, 1.807) is 0 Å². The van der Waals surface area contributed by atoms with E-state index in [1.165, 1.54) is 51.4 Å². The lowest BCUT2D eigenvalue weighted by molar-refractivity contribution is -0.0574. The molecule has 0 atom stereocenters. The van der Waals surface area contributed by atoms with Gasteiger partial charge in [0.2, 0.25) is 0 Å². The lowest BCUT2D eigenvalue weighted by atomic mass is 9.60. The summed E-state index contributed by atoms with van der Waals surface area (Å²) in [6.07, 6.45) is 12.2. The van der Waals surface area contributed by atoms with Crippen molar-refractivity contribution in [2.75, 3.05) is 0 Å². The Hall–Kier alpha value is -0.0800. The third-order valence-electron chi connectivity index (χ3n) is 6.38. The predicted octanol–water partition coefficient (Wildman–Crippen LogP) is 5.98. The van der Waals surface area contributed by atoms with Gasteiger partial charge in [0, 0.05) is 0 Å². The number of ether oxygens (including phenoxy) is 2. The Morgan fingerprint density at radius 2 is 0.913 bits per heavy atom. The molecule has 23 heavy (non-hydrogen) atoms. The highest BCUT2D eigenvalue weighted by atomic mass is 16.5. The summed E-state index contributed by atoms with van der Waals surface area (Å²) in [5.41, 5.74) is 0.478. The molecule has 2 nitrogen and oxygen atoms in total. The molecule has 0 bridgehead atoms. The molecule has 136 valence electrons. The SMILES string of the molecule is CC(C)OC1CCC(C(C)(C)C2CCC(OC(C)C)CC2)CC1. The molecule has 0 radical (unpaired) electrons. The molecule has 2 rings (SSSR count). The molecule has 0 aromatic heterocycles. The van der Waals surface area contributed by atoms with Crippen LogP contribution in [0.2, 0.25) is 0 Å². The highest BCUT2D eigenvalue weighted by Crippen LogP contribution is 2.49. The van der Waals surface area contributed by atoms with Gasteiger partial charge in [-0.15, -0.1) is 0 Å². The van der Waals surface area contributed by atoms with Gasteiger partial charge < -0.3 is 9.47 Å². The summed E-state index contributed by atoms with van der Waals surface area (Å²) in [5, 5.41) is 0. The number of hydrogen-bond donors (Lipinski definition) is 0. The van der Waals surface area contributed by atoms with Gasteiger partial charge in [0.1, 0.15) is 0 Å². The molecule has 0 saturated heterocycles. The van der Waals surface area contributed by atoms with Crippen molar-refractivity contribution in [2.24, 2.45) is 17.3 Å². The van der Waals surface area contributed by atoms with Crippen LogP contribution in [0.15, 0.2) is 0 Å². The second kappa shape index (κ2) is 8.34. The van der Waals surface area contributed by atoms with E-state index < -0.39 is 0 Å². The summed E-state index contributed by atoms with van der Waals surface area (Å²) in [5.74, 6) is 1.75. The van der Waals surface area contributed by atoms with Gasteiger partial charge in [0.05, 0.1) is 24.4 Å². The minimum atomic E-state index is 0.376. The molecule has 2 saturated carbocycles. The summed E-state index contributed by atoms with van der Waals surface area (Å²) >= 11 is 0. The molecule has 0 heterocycles. The van der Waals surface area contributed by atoms with Crippen molar-refractivity contribution in [1.82, 2.24) is 0 Å². The van der Waals surface area contributed by atoms with Crippen molar-refractivity contribution in [1.29, 1.82) is 0 Å². The second-order valence-corrected chi connectivity index (χ2v) is 9.14. The minimum absolute atomic E-state index is 0.376. The fourth-order valence-electron chi connectivity index (χ4n) is 4.99. The summed E-state index contributed by atoms with van der Waals surface area (Å²) in [4.78, 5) is 0. The quantitative estimate of drug-likeness (QED) is 0.598. The maximum atomic E-state index is 6.03. The van der Waals surface area contributed by atoms with E-state index in [2.05, 4.69) is 41.5 Å². The van der Waals surface area contributed by atoms with E-state index in [0.29, 0.717) is 29.8 Å². The Kier molecular flexibility index (Phi) is 6.98. The molecule has 2 heteroatoms. The lowest BCUT2D eigenvalue weighted by Gasteiger charge is -2.47. The van der Waals surface area contributed by atoms with E-state index in [4.69, 9.17) is 9.47 Å². The lowest BCUT2D eigenvalue weighted by Crippen LogP contribution is -2.39. The zero-order valence-corrected chi connectivity index (χ0v) is 16.4. The van der Waals surface area contributed by atoms with Crippen LogP contribution in [0.25, 0.3) is 0 Å². The first-order chi connectivity index (χ1) is 10.8. The first-order valence-corrected chi connectivity index (χ1v) is 10.1. The topological polar surface area (TPSA) is 18.5 Å². The van der Waals surface area contributed by atoms with E-state index in [0.717, 1.165) is 11.8 Å². The van der Waals surface area contributed by atoms with Crippen molar-refractivity contribution in [3.63, 3.8) is 0 Å². The number of rotatable bonds is 6. The molecule has 0 unspecified atom stereocenters. The second-order valence-electron chi connectivity index (χ2n) is 9.14. The molecular formula is C21H40O2. The average molecular weight is 325 g/mol. The van der Waals surface area contributed by atoms with Crippen LogP contribution in [0.5, 0.6) is 0 Å². The van der Waals surface area contributed by atoms with E-state index >= 15 is 0 Å². The molecule has 0 spiro atoms. The smallest absolute Gasteiger partial charge is 0.0578 e. The Morgan fingerprint density at radius 3 is 1.17 bits per heavy atom. The van der Waals surface area contributed by atoms with Crippen molar-refractivity contribution in [3.8, 4) is 0 Å². The predicted molar refractivity (Wildman–Crippen MR) is 97.7 cm³/mol. The van der Waals surface area contributed by atoms with Gasteiger partial charge in [-0.2, -0.15) is 0 Å². The molecule has 2 fully saturated rings. The van der Waals surface area contributed by atoms with Crippen LogP contribution in [0.3, 0.4) is 0 Å². The molecule has 0 aromatic carbocycles. The van der Waals surface area contributed by atoms with Crippen LogP contribution in [-0.2, 0) is 9.47 Å². The summed E-state index contributed by atoms with van der Waals surface area (Å²) in [6.45, 7) is 13.7. The van der Waals surface area contributed by atoms with Gasteiger partial charge in [-0.05, 0) is 96.3 Å². The van der Waals surface area contributed by atoms with Crippen molar-refractivity contribution in [2.45, 2.75) is 117 Å². The number of hydrogen-bond acceptors (Lipinski definition) is 2.